The second kappa shape index (κ2) is 8.26. The van der Waals surface area contributed by atoms with Crippen LogP contribution in [0.2, 0.25) is 0 Å². The topological polar surface area (TPSA) is 139 Å². The van der Waals surface area contributed by atoms with E-state index in [0.717, 1.165) is 45.2 Å². The average molecular weight is 363 g/mol. The zero-order valence-corrected chi connectivity index (χ0v) is 14.7. The van der Waals surface area contributed by atoms with Gasteiger partial charge in [-0.3, -0.25) is 14.9 Å². The molecule has 1 aromatic heterocycles. The third kappa shape index (κ3) is 4.57. The summed E-state index contributed by atoms with van der Waals surface area (Å²) in [5, 5.41) is 17.2. The van der Waals surface area contributed by atoms with Gasteiger partial charge >= 0.3 is 5.69 Å². The van der Waals surface area contributed by atoms with E-state index >= 15 is 0 Å². The molecule has 2 heterocycles. The molecule has 0 bridgehead atoms. The molecule has 1 saturated carbocycles. The molecule has 1 amide bonds. The first-order valence-corrected chi connectivity index (χ1v) is 9.05. The largest absolute Gasteiger partial charge is 0.364 e. The van der Waals surface area contributed by atoms with Crippen LogP contribution in [-0.2, 0) is 4.79 Å². The number of nitro groups is 1. The van der Waals surface area contributed by atoms with Crippen LogP contribution in [0.4, 0.5) is 17.5 Å². The van der Waals surface area contributed by atoms with Crippen LogP contribution in [0.1, 0.15) is 32.1 Å². The van der Waals surface area contributed by atoms with Crippen LogP contribution in [0, 0.1) is 16.0 Å². The van der Waals surface area contributed by atoms with Gasteiger partial charge in [-0.15, -0.1) is 0 Å². The molecule has 0 unspecified atom stereocenters. The summed E-state index contributed by atoms with van der Waals surface area (Å²) in [6.07, 6.45) is 6.15. The number of carbonyl (C=O) groups is 1. The molecule has 0 atom stereocenters. The van der Waals surface area contributed by atoms with E-state index in [9.17, 15) is 14.9 Å². The molecule has 26 heavy (non-hydrogen) atoms. The fraction of sp³-hybridized carbons (Fsp3) is 0.688. The third-order valence-corrected chi connectivity index (χ3v) is 5.02. The minimum atomic E-state index is -0.506. The maximum atomic E-state index is 11.9. The normalized spacial score (nSPS) is 22.4. The smallest absolute Gasteiger partial charge is 0.329 e. The molecule has 10 nitrogen and oxygen atoms in total. The van der Waals surface area contributed by atoms with Gasteiger partial charge in [-0.1, -0.05) is 0 Å². The summed E-state index contributed by atoms with van der Waals surface area (Å²) < 4.78 is 0. The van der Waals surface area contributed by atoms with Crippen LogP contribution >= 0.6 is 0 Å². The van der Waals surface area contributed by atoms with E-state index in [-0.39, 0.29) is 35.9 Å². The van der Waals surface area contributed by atoms with Crippen molar-refractivity contribution in [3.05, 3.63) is 16.3 Å². The lowest BCUT2D eigenvalue weighted by molar-refractivity contribution is -0.384. The number of nitrogens with two attached hydrogens (primary N) is 1. The van der Waals surface area contributed by atoms with Crippen LogP contribution in [0.25, 0.3) is 0 Å². The number of anilines is 2. The highest BCUT2D eigenvalue weighted by Gasteiger charge is 2.23. The van der Waals surface area contributed by atoms with E-state index in [1.54, 1.807) is 4.90 Å². The van der Waals surface area contributed by atoms with Gasteiger partial charge in [0.15, 0.2) is 0 Å². The van der Waals surface area contributed by atoms with Gasteiger partial charge in [0, 0.05) is 25.7 Å². The van der Waals surface area contributed by atoms with Gasteiger partial charge in [0.1, 0.15) is 6.20 Å². The number of amides is 1. The molecule has 1 aliphatic carbocycles. The van der Waals surface area contributed by atoms with Crippen molar-refractivity contribution in [2.45, 2.75) is 38.1 Å². The molecule has 1 aliphatic heterocycles. The predicted octanol–water partition coefficient (Wildman–Crippen LogP) is 0.958. The molecule has 1 saturated heterocycles. The lowest BCUT2D eigenvalue weighted by Gasteiger charge is -2.30. The highest BCUT2D eigenvalue weighted by molar-refractivity contribution is 5.81. The Balaban J connectivity index is 1.60. The molecule has 3 rings (SSSR count). The van der Waals surface area contributed by atoms with Gasteiger partial charge in [-0.2, -0.15) is 4.98 Å². The van der Waals surface area contributed by atoms with Crippen LogP contribution in [0.3, 0.4) is 0 Å². The predicted molar refractivity (Wildman–Crippen MR) is 96.8 cm³/mol. The zero-order valence-electron chi connectivity index (χ0n) is 14.7. The lowest BCUT2D eigenvalue weighted by Crippen LogP contribution is -2.44. The molecular weight excluding hydrogens is 338 g/mol. The Bertz CT molecular complexity index is 657. The Hall–Kier alpha value is -2.49. The number of hydrogen-bond acceptors (Lipinski definition) is 8. The van der Waals surface area contributed by atoms with Gasteiger partial charge < -0.3 is 21.3 Å². The first kappa shape index (κ1) is 18.3. The summed E-state index contributed by atoms with van der Waals surface area (Å²) in [7, 11) is 0. The fourth-order valence-corrected chi connectivity index (χ4v) is 3.19. The molecule has 4 N–H and O–H groups in total. The van der Waals surface area contributed by atoms with Crippen molar-refractivity contribution < 1.29 is 9.72 Å². The minimum Gasteiger partial charge on any atom is -0.364 e. The number of carbonyl (C=O) groups excluding carboxylic acids is 1. The molecule has 2 fully saturated rings. The van der Waals surface area contributed by atoms with Gasteiger partial charge in [0.25, 0.3) is 0 Å². The number of nitrogens with one attached hydrogen (secondary N) is 2. The quantitative estimate of drug-likeness (QED) is 0.481. The van der Waals surface area contributed by atoms with Crippen molar-refractivity contribution in [3.8, 4) is 0 Å². The Kier molecular flexibility index (Phi) is 5.82. The van der Waals surface area contributed by atoms with E-state index in [1.807, 2.05) is 0 Å². The minimum absolute atomic E-state index is 0.0220. The second-order valence-corrected chi connectivity index (χ2v) is 6.93. The van der Waals surface area contributed by atoms with Crippen molar-refractivity contribution in [1.29, 1.82) is 0 Å². The first-order chi connectivity index (χ1) is 12.5. The number of likely N-dealkylation sites (tertiary alicyclic amines) is 1. The summed E-state index contributed by atoms with van der Waals surface area (Å²) >= 11 is 0. The number of nitrogens with zero attached hydrogens (tertiary/aromatic N) is 4. The molecule has 0 spiro atoms. The Labute approximate surface area is 151 Å². The molecule has 2 aliphatic rings. The van der Waals surface area contributed by atoms with Gasteiger partial charge in [0.05, 0.1) is 11.5 Å². The number of rotatable bonds is 7. The number of aromatic nitrogens is 2. The van der Waals surface area contributed by atoms with Crippen LogP contribution in [-0.4, -0.2) is 57.9 Å². The number of hydrogen-bond donors (Lipinski definition) is 3. The zero-order chi connectivity index (χ0) is 18.5. The van der Waals surface area contributed by atoms with E-state index in [0.29, 0.717) is 12.5 Å². The maximum absolute atomic E-state index is 11.9. The standard InChI is InChI=1S/C16H25N7O3/c17-12-4-2-11(3-5-12)8-18-15-13(23(25)26)9-19-16(21-15)20-10-14(24)22-6-1-7-22/h9,11-12H,1-8,10,17H2,(H2,18,19,20,21)/t11-,12-. The monoisotopic (exact) mass is 363 g/mol. The van der Waals surface area contributed by atoms with E-state index in [2.05, 4.69) is 20.6 Å². The molecule has 1 aromatic rings. The summed E-state index contributed by atoms with van der Waals surface area (Å²) in [4.78, 5) is 32.5. The van der Waals surface area contributed by atoms with Crippen LogP contribution in [0.15, 0.2) is 6.20 Å². The van der Waals surface area contributed by atoms with E-state index in [1.165, 1.54) is 6.20 Å². The van der Waals surface area contributed by atoms with Crippen molar-refractivity contribution in [2.24, 2.45) is 11.7 Å². The molecule has 142 valence electrons. The average Bonchev–Trinajstić information content (AvgIpc) is 2.58. The first-order valence-electron chi connectivity index (χ1n) is 9.05. The summed E-state index contributed by atoms with van der Waals surface area (Å²) in [5.74, 6) is 0.788. The molecule has 0 aromatic carbocycles. The van der Waals surface area contributed by atoms with Crippen molar-refractivity contribution in [2.75, 3.05) is 36.8 Å². The highest BCUT2D eigenvalue weighted by Crippen LogP contribution is 2.26. The maximum Gasteiger partial charge on any atom is 0.329 e. The van der Waals surface area contributed by atoms with Crippen LogP contribution < -0.4 is 16.4 Å². The van der Waals surface area contributed by atoms with Crippen molar-refractivity contribution in [3.63, 3.8) is 0 Å². The lowest BCUT2D eigenvalue weighted by atomic mass is 9.86. The molecule has 10 heteroatoms. The summed E-state index contributed by atoms with van der Waals surface area (Å²) in [6, 6.07) is 0.263. The highest BCUT2D eigenvalue weighted by atomic mass is 16.6. The fourth-order valence-electron chi connectivity index (χ4n) is 3.19. The molecular formula is C16H25N7O3. The van der Waals surface area contributed by atoms with E-state index in [4.69, 9.17) is 5.73 Å². The second-order valence-electron chi connectivity index (χ2n) is 6.93. The Morgan fingerprint density at radius 3 is 2.65 bits per heavy atom. The van der Waals surface area contributed by atoms with Crippen LogP contribution in [0.5, 0.6) is 0 Å². The Morgan fingerprint density at radius 2 is 2.04 bits per heavy atom. The Morgan fingerprint density at radius 1 is 1.31 bits per heavy atom. The van der Waals surface area contributed by atoms with Gasteiger partial charge in [-0.05, 0) is 38.0 Å². The SMILES string of the molecule is N[C@H]1CC[C@H](CNc2nc(NCC(=O)N3CCC3)ncc2[N+](=O)[O-])CC1. The van der Waals surface area contributed by atoms with Gasteiger partial charge in [0.2, 0.25) is 17.7 Å². The van der Waals surface area contributed by atoms with E-state index < -0.39 is 4.92 Å². The third-order valence-electron chi connectivity index (χ3n) is 5.02. The summed E-state index contributed by atoms with van der Waals surface area (Å²) in [6.45, 7) is 2.24. The van der Waals surface area contributed by atoms with Crippen molar-refractivity contribution in [1.82, 2.24) is 14.9 Å². The summed E-state index contributed by atoms with van der Waals surface area (Å²) in [5.41, 5.74) is 5.74. The van der Waals surface area contributed by atoms with Gasteiger partial charge in [-0.25, -0.2) is 4.98 Å². The van der Waals surface area contributed by atoms with Crippen molar-refractivity contribution >= 4 is 23.4 Å². The molecule has 0 radical (unpaired) electrons.